The first-order chi connectivity index (χ1) is 11.3. The fourth-order valence-electron chi connectivity index (χ4n) is 3.57. The SMILES string of the molecule is CCN1CCN(CCNC(=O)N2CCC[C@@H]2c2ccsc2)CC1. The number of nitrogens with one attached hydrogen (secondary N) is 1. The smallest absolute Gasteiger partial charge is 0.317 e. The van der Waals surface area contributed by atoms with Gasteiger partial charge in [-0.15, -0.1) is 0 Å². The number of hydrogen-bond donors (Lipinski definition) is 1. The summed E-state index contributed by atoms with van der Waals surface area (Å²) >= 11 is 1.71. The molecule has 2 aliphatic heterocycles. The van der Waals surface area contributed by atoms with Crippen LogP contribution in [0.1, 0.15) is 31.4 Å². The molecule has 5 nitrogen and oxygen atoms in total. The number of urea groups is 1. The zero-order valence-electron chi connectivity index (χ0n) is 14.0. The quantitative estimate of drug-likeness (QED) is 0.896. The Hall–Kier alpha value is -1.11. The van der Waals surface area contributed by atoms with E-state index in [2.05, 4.69) is 38.9 Å². The average molecular weight is 337 g/mol. The standard InChI is InChI=1S/C17H28N4OS/c1-2-19-9-11-20(12-10-19)8-6-18-17(22)21-7-3-4-16(21)15-5-13-23-14-15/h5,13-14,16H,2-4,6-12H2,1H3,(H,18,22)/t16-/m1/s1. The third kappa shape index (κ3) is 4.25. The molecule has 2 fully saturated rings. The summed E-state index contributed by atoms with van der Waals surface area (Å²) in [6.45, 7) is 10.5. The molecular weight excluding hydrogens is 308 g/mol. The minimum Gasteiger partial charge on any atom is -0.337 e. The van der Waals surface area contributed by atoms with Crippen LogP contribution in [0.2, 0.25) is 0 Å². The van der Waals surface area contributed by atoms with E-state index in [-0.39, 0.29) is 12.1 Å². The number of hydrogen-bond acceptors (Lipinski definition) is 4. The Labute approximate surface area is 143 Å². The first-order valence-corrected chi connectivity index (χ1v) is 9.73. The topological polar surface area (TPSA) is 38.8 Å². The molecule has 128 valence electrons. The van der Waals surface area contributed by atoms with Crippen molar-refractivity contribution in [1.82, 2.24) is 20.0 Å². The second-order valence-electron chi connectivity index (χ2n) is 6.42. The van der Waals surface area contributed by atoms with Crippen molar-refractivity contribution in [1.29, 1.82) is 0 Å². The van der Waals surface area contributed by atoms with E-state index in [1.54, 1.807) is 11.3 Å². The Morgan fingerprint density at radius 2 is 2.04 bits per heavy atom. The number of amides is 2. The number of likely N-dealkylation sites (N-methyl/N-ethyl adjacent to an activating group) is 1. The predicted molar refractivity (Wildman–Crippen MR) is 95.0 cm³/mol. The monoisotopic (exact) mass is 336 g/mol. The molecule has 2 amide bonds. The highest BCUT2D eigenvalue weighted by molar-refractivity contribution is 7.07. The minimum absolute atomic E-state index is 0.103. The first-order valence-electron chi connectivity index (χ1n) is 8.79. The molecule has 1 N–H and O–H groups in total. The van der Waals surface area contributed by atoms with Gasteiger partial charge >= 0.3 is 6.03 Å². The number of carbonyl (C=O) groups is 1. The molecule has 3 rings (SSSR count). The number of nitrogens with zero attached hydrogens (tertiary/aromatic N) is 3. The van der Waals surface area contributed by atoms with Crippen LogP contribution in [0.4, 0.5) is 4.79 Å². The Morgan fingerprint density at radius 3 is 2.74 bits per heavy atom. The molecule has 0 unspecified atom stereocenters. The molecule has 0 bridgehead atoms. The highest BCUT2D eigenvalue weighted by atomic mass is 32.1. The number of piperazine rings is 1. The lowest BCUT2D eigenvalue weighted by atomic mass is 10.1. The Morgan fingerprint density at radius 1 is 1.26 bits per heavy atom. The van der Waals surface area contributed by atoms with Crippen LogP contribution < -0.4 is 5.32 Å². The Kier molecular flexibility index (Phi) is 5.91. The lowest BCUT2D eigenvalue weighted by molar-refractivity contribution is 0.136. The van der Waals surface area contributed by atoms with Crippen molar-refractivity contribution >= 4 is 17.4 Å². The van der Waals surface area contributed by atoms with Gasteiger partial charge in [-0.3, -0.25) is 4.90 Å². The van der Waals surface area contributed by atoms with E-state index in [9.17, 15) is 4.79 Å². The number of thiophene rings is 1. The van der Waals surface area contributed by atoms with Gasteiger partial charge in [0.1, 0.15) is 0 Å². The van der Waals surface area contributed by atoms with Crippen LogP contribution in [-0.4, -0.2) is 73.1 Å². The summed E-state index contributed by atoms with van der Waals surface area (Å²) in [6, 6.07) is 2.52. The molecule has 1 aromatic rings. The molecule has 1 atom stereocenters. The van der Waals surface area contributed by atoms with Crippen LogP contribution in [0, 0.1) is 0 Å². The van der Waals surface area contributed by atoms with Crippen molar-refractivity contribution in [3.05, 3.63) is 22.4 Å². The van der Waals surface area contributed by atoms with E-state index in [4.69, 9.17) is 0 Å². The van der Waals surface area contributed by atoms with Gasteiger partial charge in [0.2, 0.25) is 0 Å². The molecule has 2 aliphatic rings. The average Bonchev–Trinajstić information content (AvgIpc) is 3.26. The molecule has 0 aromatic carbocycles. The molecule has 2 saturated heterocycles. The maximum atomic E-state index is 12.5. The summed E-state index contributed by atoms with van der Waals surface area (Å²) in [5, 5.41) is 7.39. The van der Waals surface area contributed by atoms with Crippen LogP contribution in [0.5, 0.6) is 0 Å². The zero-order chi connectivity index (χ0) is 16.1. The van der Waals surface area contributed by atoms with Gasteiger partial charge in [-0.25, -0.2) is 4.79 Å². The summed E-state index contributed by atoms with van der Waals surface area (Å²) in [7, 11) is 0. The molecule has 6 heteroatoms. The lowest BCUT2D eigenvalue weighted by Crippen LogP contribution is -2.49. The van der Waals surface area contributed by atoms with Gasteiger partial charge in [-0.2, -0.15) is 11.3 Å². The normalized spacial score (nSPS) is 23.3. The van der Waals surface area contributed by atoms with Crippen LogP contribution in [0.15, 0.2) is 16.8 Å². The van der Waals surface area contributed by atoms with Crippen LogP contribution in [0.3, 0.4) is 0 Å². The molecule has 0 aliphatic carbocycles. The molecular formula is C17H28N4OS. The lowest BCUT2D eigenvalue weighted by Gasteiger charge is -2.34. The van der Waals surface area contributed by atoms with Crippen LogP contribution in [0.25, 0.3) is 0 Å². The number of likely N-dealkylation sites (tertiary alicyclic amines) is 1. The van der Waals surface area contributed by atoms with Crippen molar-refractivity contribution in [2.24, 2.45) is 0 Å². The Bertz CT molecular complexity index is 485. The number of carbonyl (C=O) groups excluding carboxylic acids is 1. The van der Waals surface area contributed by atoms with E-state index in [1.807, 2.05) is 4.90 Å². The third-order valence-corrected chi connectivity index (χ3v) is 5.76. The van der Waals surface area contributed by atoms with Gasteiger partial charge in [-0.05, 0) is 41.8 Å². The predicted octanol–water partition coefficient (Wildman–Crippen LogP) is 2.23. The molecule has 1 aromatic heterocycles. The zero-order valence-corrected chi connectivity index (χ0v) is 14.9. The van der Waals surface area contributed by atoms with Crippen molar-refractivity contribution < 1.29 is 4.79 Å². The van der Waals surface area contributed by atoms with E-state index >= 15 is 0 Å². The number of rotatable bonds is 5. The second kappa shape index (κ2) is 8.13. The molecule has 3 heterocycles. The highest BCUT2D eigenvalue weighted by Crippen LogP contribution is 2.32. The maximum absolute atomic E-state index is 12.5. The third-order valence-electron chi connectivity index (χ3n) is 5.06. The van der Waals surface area contributed by atoms with Crippen molar-refractivity contribution in [2.75, 3.05) is 52.4 Å². The van der Waals surface area contributed by atoms with Gasteiger partial charge in [0.25, 0.3) is 0 Å². The van der Waals surface area contributed by atoms with Crippen molar-refractivity contribution in [2.45, 2.75) is 25.8 Å². The van der Waals surface area contributed by atoms with E-state index in [0.717, 1.165) is 65.2 Å². The van der Waals surface area contributed by atoms with Gasteiger partial charge in [0.05, 0.1) is 6.04 Å². The summed E-state index contributed by atoms with van der Waals surface area (Å²) in [6.07, 6.45) is 2.19. The van der Waals surface area contributed by atoms with Crippen molar-refractivity contribution in [3.8, 4) is 0 Å². The second-order valence-corrected chi connectivity index (χ2v) is 7.20. The van der Waals surface area contributed by atoms with E-state index < -0.39 is 0 Å². The van der Waals surface area contributed by atoms with Gasteiger partial charge in [0, 0.05) is 45.8 Å². The summed E-state index contributed by atoms with van der Waals surface area (Å²) < 4.78 is 0. The molecule has 0 spiro atoms. The minimum atomic E-state index is 0.103. The maximum Gasteiger partial charge on any atom is 0.317 e. The highest BCUT2D eigenvalue weighted by Gasteiger charge is 2.30. The fourth-order valence-corrected chi connectivity index (χ4v) is 4.28. The summed E-state index contributed by atoms with van der Waals surface area (Å²) in [5.74, 6) is 0. The summed E-state index contributed by atoms with van der Waals surface area (Å²) in [4.78, 5) is 19.4. The molecule has 23 heavy (non-hydrogen) atoms. The van der Waals surface area contributed by atoms with E-state index in [1.165, 1.54) is 5.56 Å². The van der Waals surface area contributed by atoms with Gasteiger partial charge < -0.3 is 15.1 Å². The molecule has 0 radical (unpaired) electrons. The summed E-state index contributed by atoms with van der Waals surface area (Å²) in [5.41, 5.74) is 1.29. The van der Waals surface area contributed by atoms with E-state index in [0.29, 0.717) is 0 Å². The van der Waals surface area contributed by atoms with Gasteiger partial charge in [-0.1, -0.05) is 6.92 Å². The fraction of sp³-hybridized carbons (Fsp3) is 0.706. The van der Waals surface area contributed by atoms with Crippen molar-refractivity contribution in [3.63, 3.8) is 0 Å². The first kappa shape index (κ1) is 16.7. The van der Waals surface area contributed by atoms with Crippen LogP contribution >= 0.6 is 11.3 Å². The van der Waals surface area contributed by atoms with Crippen LogP contribution in [-0.2, 0) is 0 Å². The molecule has 0 saturated carbocycles. The largest absolute Gasteiger partial charge is 0.337 e. The Balaban J connectivity index is 1.41. The van der Waals surface area contributed by atoms with Gasteiger partial charge in [0.15, 0.2) is 0 Å².